The molecule has 0 aliphatic carbocycles. The number of rotatable bonds is 5. The highest BCUT2D eigenvalue weighted by molar-refractivity contribution is 6.19. The molecule has 4 nitrogen and oxygen atoms in total. The number of aromatic nitrogens is 3. The molecule has 0 bridgehead atoms. The van der Waals surface area contributed by atoms with E-state index in [9.17, 15) is 0 Å². The smallest absolute Gasteiger partial charge is 0.164 e. The Morgan fingerprint density at radius 3 is 1.55 bits per heavy atom. The Morgan fingerprint density at radius 1 is 0.362 bits per heavy atom. The molecule has 0 atom stereocenters. The first kappa shape index (κ1) is 27.0. The average molecular weight is 602 g/mol. The lowest BCUT2D eigenvalue weighted by Gasteiger charge is -2.11. The molecule has 0 N–H and O–H groups in total. The molecule has 0 aliphatic rings. The molecule has 9 rings (SSSR count). The van der Waals surface area contributed by atoms with E-state index in [2.05, 4.69) is 121 Å². The second-order valence-electron chi connectivity index (χ2n) is 11.6. The summed E-state index contributed by atoms with van der Waals surface area (Å²) in [6.45, 7) is 0. The van der Waals surface area contributed by atoms with Crippen LogP contribution in [-0.2, 0) is 0 Å². The van der Waals surface area contributed by atoms with Crippen molar-refractivity contribution in [2.45, 2.75) is 0 Å². The summed E-state index contributed by atoms with van der Waals surface area (Å²) in [5, 5.41) is 4.23. The van der Waals surface area contributed by atoms with Crippen molar-refractivity contribution < 1.29 is 4.42 Å². The standard InChI is InChI=1S/C43H27N3O/c1-4-12-28(13-5-1)30-20-22-33(23-21-30)42-44-41(32-17-8-3-9-18-32)45-43(46-42)37-26-34(29-14-6-2-7-15-29)27-38-39(37)36-25-24-31-16-10-11-19-35(31)40(36)47-38/h1-27H. The van der Waals surface area contributed by atoms with Gasteiger partial charge in [-0.25, -0.2) is 15.0 Å². The number of hydrogen-bond donors (Lipinski definition) is 0. The van der Waals surface area contributed by atoms with E-state index in [-0.39, 0.29) is 0 Å². The van der Waals surface area contributed by atoms with Gasteiger partial charge < -0.3 is 4.42 Å². The molecular weight excluding hydrogens is 574 g/mol. The third kappa shape index (κ3) is 4.84. The van der Waals surface area contributed by atoms with Gasteiger partial charge in [0, 0.05) is 32.8 Å². The topological polar surface area (TPSA) is 51.8 Å². The van der Waals surface area contributed by atoms with E-state index in [0.717, 1.165) is 66.1 Å². The lowest BCUT2D eigenvalue weighted by molar-refractivity contribution is 0.673. The van der Waals surface area contributed by atoms with Crippen LogP contribution in [0.4, 0.5) is 0 Å². The predicted octanol–water partition coefficient (Wildman–Crippen LogP) is 11.3. The number of hydrogen-bond acceptors (Lipinski definition) is 4. The van der Waals surface area contributed by atoms with Crippen LogP contribution in [-0.4, -0.2) is 15.0 Å². The molecule has 7 aromatic carbocycles. The molecule has 9 aromatic rings. The Balaban J connectivity index is 1.31. The summed E-state index contributed by atoms with van der Waals surface area (Å²) in [5.74, 6) is 1.83. The second kappa shape index (κ2) is 11.2. The fourth-order valence-electron chi connectivity index (χ4n) is 6.39. The van der Waals surface area contributed by atoms with Crippen molar-refractivity contribution in [3.63, 3.8) is 0 Å². The van der Waals surface area contributed by atoms with Crippen LogP contribution in [0.3, 0.4) is 0 Å². The highest BCUT2D eigenvalue weighted by atomic mass is 16.3. The van der Waals surface area contributed by atoms with E-state index in [0.29, 0.717) is 17.5 Å². The van der Waals surface area contributed by atoms with Gasteiger partial charge in [-0.15, -0.1) is 0 Å². The molecule has 0 saturated heterocycles. The third-order valence-corrected chi connectivity index (χ3v) is 8.73. The van der Waals surface area contributed by atoms with Gasteiger partial charge in [-0.2, -0.15) is 0 Å². The molecule has 0 spiro atoms. The quantitative estimate of drug-likeness (QED) is 0.197. The summed E-state index contributed by atoms with van der Waals surface area (Å²) in [4.78, 5) is 15.3. The van der Waals surface area contributed by atoms with Crippen LogP contribution in [0.25, 0.3) is 89.1 Å². The van der Waals surface area contributed by atoms with E-state index in [4.69, 9.17) is 19.4 Å². The van der Waals surface area contributed by atoms with Crippen molar-refractivity contribution >= 4 is 32.7 Å². The minimum Gasteiger partial charge on any atom is -0.455 e. The highest BCUT2D eigenvalue weighted by Crippen LogP contribution is 2.42. The Morgan fingerprint density at radius 2 is 0.872 bits per heavy atom. The zero-order chi connectivity index (χ0) is 31.2. The molecule has 0 radical (unpaired) electrons. The van der Waals surface area contributed by atoms with E-state index in [1.807, 2.05) is 42.5 Å². The summed E-state index contributed by atoms with van der Waals surface area (Å²) in [5.41, 5.74) is 8.84. The normalized spacial score (nSPS) is 11.4. The lowest BCUT2D eigenvalue weighted by Crippen LogP contribution is -2.00. The van der Waals surface area contributed by atoms with E-state index >= 15 is 0 Å². The van der Waals surface area contributed by atoms with Gasteiger partial charge in [-0.3, -0.25) is 0 Å². The fraction of sp³-hybridized carbons (Fsp3) is 0. The average Bonchev–Trinajstić information content (AvgIpc) is 3.55. The summed E-state index contributed by atoms with van der Waals surface area (Å²) >= 11 is 0. The van der Waals surface area contributed by atoms with Crippen molar-refractivity contribution in [3.05, 3.63) is 164 Å². The van der Waals surface area contributed by atoms with Crippen molar-refractivity contribution in [3.8, 4) is 56.4 Å². The van der Waals surface area contributed by atoms with Gasteiger partial charge in [0.2, 0.25) is 0 Å². The van der Waals surface area contributed by atoms with Gasteiger partial charge >= 0.3 is 0 Å². The van der Waals surface area contributed by atoms with Crippen molar-refractivity contribution in [2.75, 3.05) is 0 Å². The summed E-state index contributed by atoms with van der Waals surface area (Å²) < 4.78 is 6.70. The second-order valence-corrected chi connectivity index (χ2v) is 11.6. The summed E-state index contributed by atoms with van der Waals surface area (Å²) in [7, 11) is 0. The number of benzene rings is 7. The van der Waals surface area contributed by atoms with Crippen molar-refractivity contribution in [1.82, 2.24) is 15.0 Å². The SMILES string of the molecule is c1ccc(-c2ccc(-c3nc(-c4ccccc4)nc(-c4cc(-c5ccccc5)cc5oc6c7ccccc7ccc6c45)n3)cc2)cc1. The molecule has 0 aliphatic heterocycles. The zero-order valence-corrected chi connectivity index (χ0v) is 25.3. The van der Waals surface area contributed by atoms with Crippen LogP contribution >= 0.6 is 0 Å². The Hall–Kier alpha value is -6.39. The van der Waals surface area contributed by atoms with Crippen LogP contribution < -0.4 is 0 Å². The summed E-state index contributed by atoms with van der Waals surface area (Å²) in [6, 6.07) is 56.2. The third-order valence-electron chi connectivity index (χ3n) is 8.73. The maximum atomic E-state index is 6.70. The largest absolute Gasteiger partial charge is 0.455 e. The van der Waals surface area contributed by atoms with Gasteiger partial charge in [0.05, 0.1) is 0 Å². The molecule has 2 heterocycles. The minimum atomic E-state index is 0.597. The monoisotopic (exact) mass is 601 g/mol. The first-order chi connectivity index (χ1) is 23.3. The molecule has 0 saturated carbocycles. The fourth-order valence-corrected chi connectivity index (χ4v) is 6.39. The molecule has 47 heavy (non-hydrogen) atoms. The Kier molecular flexibility index (Phi) is 6.43. The maximum absolute atomic E-state index is 6.70. The molecule has 0 fully saturated rings. The van der Waals surface area contributed by atoms with E-state index in [1.165, 1.54) is 5.56 Å². The number of nitrogens with zero attached hydrogens (tertiary/aromatic N) is 3. The molecule has 0 amide bonds. The van der Waals surface area contributed by atoms with Gasteiger partial charge in [-0.05, 0) is 45.8 Å². The van der Waals surface area contributed by atoms with Gasteiger partial charge in [0.25, 0.3) is 0 Å². The molecule has 4 heteroatoms. The molecular formula is C43H27N3O. The van der Waals surface area contributed by atoms with Gasteiger partial charge in [0.1, 0.15) is 11.2 Å². The molecule has 220 valence electrons. The van der Waals surface area contributed by atoms with Crippen molar-refractivity contribution in [1.29, 1.82) is 0 Å². The van der Waals surface area contributed by atoms with Crippen molar-refractivity contribution in [2.24, 2.45) is 0 Å². The van der Waals surface area contributed by atoms with E-state index < -0.39 is 0 Å². The highest BCUT2D eigenvalue weighted by Gasteiger charge is 2.20. The van der Waals surface area contributed by atoms with Crippen LogP contribution in [0.5, 0.6) is 0 Å². The predicted molar refractivity (Wildman–Crippen MR) is 192 cm³/mol. The number of fused-ring (bicyclic) bond motifs is 5. The van der Waals surface area contributed by atoms with Gasteiger partial charge in [0.15, 0.2) is 17.5 Å². The van der Waals surface area contributed by atoms with Crippen LogP contribution in [0.1, 0.15) is 0 Å². The van der Waals surface area contributed by atoms with Crippen LogP contribution in [0.15, 0.2) is 168 Å². The van der Waals surface area contributed by atoms with Gasteiger partial charge in [-0.1, -0.05) is 146 Å². The Labute approximate surface area is 271 Å². The summed E-state index contributed by atoms with van der Waals surface area (Å²) in [6.07, 6.45) is 0. The molecule has 0 unspecified atom stereocenters. The van der Waals surface area contributed by atoms with E-state index in [1.54, 1.807) is 0 Å². The first-order valence-corrected chi connectivity index (χ1v) is 15.7. The molecule has 2 aromatic heterocycles. The van der Waals surface area contributed by atoms with Crippen LogP contribution in [0.2, 0.25) is 0 Å². The minimum absolute atomic E-state index is 0.597. The number of furan rings is 1. The van der Waals surface area contributed by atoms with Crippen LogP contribution in [0, 0.1) is 0 Å². The lowest BCUT2D eigenvalue weighted by atomic mass is 9.97. The zero-order valence-electron chi connectivity index (χ0n) is 25.3. The Bertz CT molecular complexity index is 2540. The first-order valence-electron chi connectivity index (χ1n) is 15.7. The maximum Gasteiger partial charge on any atom is 0.164 e.